The lowest BCUT2D eigenvalue weighted by molar-refractivity contribution is 0.672. The third-order valence-electron chi connectivity index (χ3n) is 15.3. The molecule has 16 rings (SSSR count). The van der Waals surface area contributed by atoms with Crippen LogP contribution in [0.3, 0.4) is 0 Å². The van der Waals surface area contributed by atoms with Gasteiger partial charge in [0.2, 0.25) is 0 Å². The molecule has 5 heteroatoms. The van der Waals surface area contributed by atoms with E-state index in [0.29, 0.717) is 0 Å². The number of furan rings is 2. The van der Waals surface area contributed by atoms with Gasteiger partial charge in [0.15, 0.2) is 0 Å². The molecule has 10 aromatic carbocycles. The molecule has 0 aliphatic heterocycles. The predicted molar refractivity (Wildman–Crippen MR) is 295 cm³/mol. The minimum absolute atomic E-state index is 0.879. The van der Waals surface area contributed by atoms with Crippen molar-refractivity contribution < 1.29 is 8.83 Å². The number of fused-ring (bicyclic) bond motifs is 17. The number of rotatable bonds is 5. The molecule has 1 aliphatic rings. The minimum atomic E-state index is 0.879. The Labute approximate surface area is 406 Å². The molecule has 71 heavy (non-hydrogen) atoms. The summed E-state index contributed by atoms with van der Waals surface area (Å²) < 4.78 is 21.0. The molecular weight excluding hydrogens is 867 g/mol. The largest absolute Gasteiger partial charge is 0.455 e. The van der Waals surface area contributed by atoms with Crippen LogP contribution in [0, 0.1) is 0 Å². The number of para-hydroxylation sites is 6. The van der Waals surface area contributed by atoms with E-state index in [1.165, 1.54) is 49.8 Å². The van der Waals surface area contributed by atoms with E-state index in [1.807, 2.05) is 0 Å². The average molecular weight is 908 g/mol. The lowest BCUT2D eigenvalue weighted by atomic mass is 9.88. The average Bonchev–Trinajstić information content (AvgIpc) is 4.24. The van der Waals surface area contributed by atoms with Gasteiger partial charge in [0, 0.05) is 71.6 Å². The molecule has 0 amide bonds. The SMILES string of the molecule is C1=C(c2cc(-c3ccc4c(c3)c3c5oc6ccccc6c5ccc3n4-c3ccccc3)c3c(c2)c2ccccc2n3-c2ccccc2)CCc2c1c1c3oc4ccccc4c3ccc1n2-c1ccccc1. The fourth-order valence-corrected chi connectivity index (χ4v) is 12.3. The number of benzene rings is 10. The van der Waals surface area contributed by atoms with Crippen LogP contribution < -0.4 is 0 Å². The Morgan fingerprint density at radius 3 is 1.54 bits per heavy atom. The van der Waals surface area contributed by atoms with Crippen molar-refractivity contribution in [2.24, 2.45) is 0 Å². The summed E-state index contributed by atoms with van der Waals surface area (Å²) in [5, 5.41) is 10.4. The Kier molecular flexibility index (Phi) is 7.94. The third-order valence-corrected chi connectivity index (χ3v) is 15.3. The Morgan fingerprint density at radius 2 is 0.859 bits per heavy atom. The first-order chi connectivity index (χ1) is 35.2. The van der Waals surface area contributed by atoms with Crippen LogP contribution in [0.25, 0.3) is 138 Å². The normalized spacial score (nSPS) is 13.0. The second-order valence-corrected chi connectivity index (χ2v) is 19.1. The van der Waals surface area contributed by atoms with E-state index in [1.54, 1.807) is 0 Å². The second-order valence-electron chi connectivity index (χ2n) is 19.1. The summed E-state index contributed by atoms with van der Waals surface area (Å²) >= 11 is 0. The van der Waals surface area contributed by atoms with E-state index in [2.05, 4.69) is 238 Å². The number of aromatic nitrogens is 3. The van der Waals surface area contributed by atoms with Crippen molar-refractivity contribution in [2.45, 2.75) is 12.8 Å². The summed E-state index contributed by atoms with van der Waals surface area (Å²) in [4.78, 5) is 0. The Hall–Kier alpha value is -9.32. The van der Waals surface area contributed by atoms with Gasteiger partial charge < -0.3 is 22.5 Å². The molecule has 5 aromatic heterocycles. The summed E-state index contributed by atoms with van der Waals surface area (Å²) in [7, 11) is 0. The van der Waals surface area contributed by atoms with E-state index in [0.717, 1.165) is 112 Å². The van der Waals surface area contributed by atoms with Gasteiger partial charge in [-0.05, 0) is 139 Å². The first-order valence-electron chi connectivity index (χ1n) is 24.5. The first-order valence-corrected chi connectivity index (χ1v) is 24.5. The van der Waals surface area contributed by atoms with Crippen molar-refractivity contribution in [1.82, 2.24) is 13.7 Å². The zero-order valence-electron chi connectivity index (χ0n) is 38.4. The molecule has 0 saturated heterocycles. The maximum atomic E-state index is 6.85. The van der Waals surface area contributed by atoms with Crippen LogP contribution in [0.1, 0.15) is 23.2 Å². The van der Waals surface area contributed by atoms with E-state index in [4.69, 9.17) is 8.83 Å². The predicted octanol–water partition coefficient (Wildman–Crippen LogP) is 17.8. The summed E-state index contributed by atoms with van der Waals surface area (Å²) in [6, 6.07) is 79.1. The van der Waals surface area contributed by atoms with Gasteiger partial charge >= 0.3 is 0 Å². The van der Waals surface area contributed by atoms with Gasteiger partial charge in [0.1, 0.15) is 22.3 Å². The van der Waals surface area contributed by atoms with Crippen molar-refractivity contribution in [3.05, 3.63) is 235 Å². The minimum Gasteiger partial charge on any atom is -0.455 e. The van der Waals surface area contributed by atoms with Gasteiger partial charge in [-0.2, -0.15) is 0 Å². The highest BCUT2D eigenvalue weighted by molar-refractivity contribution is 6.25. The molecule has 0 unspecified atom stereocenters. The molecule has 0 atom stereocenters. The monoisotopic (exact) mass is 907 g/mol. The van der Waals surface area contributed by atoms with E-state index >= 15 is 0 Å². The summed E-state index contributed by atoms with van der Waals surface area (Å²) in [5.74, 6) is 0. The van der Waals surface area contributed by atoms with Crippen LogP contribution >= 0.6 is 0 Å². The number of hydrogen-bond donors (Lipinski definition) is 0. The van der Waals surface area contributed by atoms with Crippen molar-refractivity contribution in [2.75, 3.05) is 0 Å². The fraction of sp³-hybridized carbons (Fsp3) is 0.0303. The highest BCUT2D eigenvalue weighted by atomic mass is 16.3. The lowest BCUT2D eigenvalue weighted by Crippen LogP contribution is -2.05. The quantitative estimate of drug-likeness (QED) is 0.173. The number of hydrogen-bond acceptors (Lipinski definition) is 2. The Bertz CT molecular complexity index is 4730. The van der Waals surface area contributed by atoms with Crippen LogP contribution in [0.5, 0.6) is 0 Å². The van der Waals surface area contributed by atoms with Gasteiger partial charge in [-0.1, -0.05) is 115 Å². The molecule has 332 valence electrons. The molecule has 0 spiro atoms. The molecule has 15 aromatic rings. The third kappa shape index (κ3) is 5.46. The first kappa shape index (κ1) is 38.6. The smallest absolute Gasteiger partial charge is 0.145 e. The summed E-state index contributed by atoms with van der Waals surface area (Å²) in [6.45, 7) is 0. The standard InChI is InChI=1S/C66H41N3O2/c1-4-16-43(17-5-1)67-56-32-28-40(36-53(56)62-58(67)34-30-49-47-23-11-14-26-60(47)70-65(49)62)42-38-51(64-52(39-42)46-22-10-13-25-55(46)69(64)45-20-8-3-9-21-45)41-29-33-57-54(37-41)63-59(68(57)44-18-6-2-7-19-44)35-31-50-48-24-12-15-27-61(48)71-66(50)63/h1-27,29-31,33-39H,28,32H2. The molecule has 5 heterocycles. The maximum Gasteiger partial charge on any atom is 0.145 e. The Balaban J connectivity index is 1.00. The summed E-state index contributed by atoms with van der Waals surface area (Å²) in [6.07, 6.45) is 4.24. The zero-order valence-corrected chi connectivity index (χ0v) is 38.4. The van der Waals surface area contributed by atoms with Crippen LogP contribution in [-0.2, 0) is 6.42 Å². The highest BCUT2D eigenvalue weighted by Gasteiger charge is 2.28. The summed E-state index contributed by atoms with van der Waals surface area (Å²) in [5.41, 5.74) is 20.2. The van der Waals surface area contributed by atoms with Crippen molar-refractivity contribution in [1.29, 1.82) is 0 Å². The van der Waals surface area contributed by atoms with Gasteiger partial charge in [-0.15, -0.1) is 0 Å². The highest BCUT2D eigenvalue weighted by Crippen LogP contribution is 2.48. The van der Waals surface area contributed by atoms with Crippen LogP contribution in [0.15, 0.2) is 227 Å². The molecule has 0 N–H and O–H groups in total. The van der Waals surface area contributed by atoms with Crippen LogP contribution in [0.4, 0.5) is 0 Å². The van der Waals surface area contributed by atoms with Crippen molar-refractivity contribution in [3.63, 3.8) is 0 Å². The maximum absolute atomic E-state index is 6.85. The van der Waals surface area contributed by atoms with Gasteiger partial charge in [0.05, 0.1) is 38.4 Å². The van der Waals surface area contributed by atoms with E-state index < -0.39 is 0 Å². The van der Waals surface area contributed by atoms with Gasteiger partial charge in [-0.25, -0.2) is 0 Å². The topological polar surface area (TPSA) is 41.1 Å². The fourth-order valence-electron chi connectivity index (χ4n) is 12.3. The zero-order chi connectivity index (χ0) is 46.3. The van der Waals surface area contributed by atoms with Crippen LogP contribution in [0.2, 0.25) is 0 Å². The number of allylic oxidation sites excluding steroid dienone is 1. The lowest BCUT2D eigenvalue weighted by Gasteiger charge is -2.19. The molecule has 0 bridgehead atoms. The van der Waals surface area contributed by atoms with Crippen molar-refractivity contribution in [3.8, 4) is 28.2 Å². The molecular formula is C66H41N3O2. The second kappa shape index (κ2) is 14.6. The molecule has 0 saturated carbocycles. The molecule has 5 nitrogen and oxygen atoms in total. The van der Waals surface area contributed by atoms with Crippen molar-refractivity contribution >= 4 is 110 Å². The number of nitrogens with zero attached hydrogens (tertiary/aromatic N) is 3. The van der Waals surface area contributed by atoms with E-state index in [9.17, 15) is 0 Å². The van der Waals surface area contributed by atoms with E-state index in [-0.39, 0.29) is 0 Å². The van der Waals surface area contributed by atoms with Gasteiger partial charge in [0.25, 0.3) is 0 Å². The molecule has 0 fully saturated rings. The van der Waals surface area contributed by atoms with Crippen LogP contribution in [-0.4, -0.2) is 13.7 Å². The molecule has 1 aliphatic carbocycles. The molecule has 0 radical (unpaired) electrons. The van der Waals surface area contributed by atoms with Gasteiger partial charge in [-0.3, -0.25) is 0 Å². The Morgan fingerprint density at radius 1 is 0.338 bits per heavy atom.